The second-order valence-electron chi connectivity index (χ2n) is 5.24. The number of carbonyl (C=O) groups is 2. The molecule has 2 N–H and O–H groups in total. The van der Waals surface area contributed by atoms with Crippen molar-refractivity contribution < 1.29 is 18.0 Å². The van der Waals surface area contributed by atoms with Crippen molar-refractivity contribution in [3.63, 3.8) is 0 Å². The van der Waals surface area contributed by atoms with Crippen LogP contribution in [0, 0.1) is 6.92 Å². The number of amides is 2. The van der Waals surface area contributed by atoms with E-state index in [-0.39, 0.29) is 12.3 Å². The lowest BCUT2D eigenvalue weighted by Crippen LogP contribution is -2.42. The highest BCUT2D eigenvalue weighted by Crippen LogP contribution is 2.19. The van der Waals surface area contributed by atoms with Gasteiger partial charge in [0.1, 0.15) is 5.25 Å². The van der Waals surface area contributed by atoms with Crippen molar-refractivity contribution in [3.05, 3.63) is 28.2 Å². The second kappa shape index (κ2) is 8.44. The molecule has 0 aliphatic rings. The molecule has 6 nitrogen and oxygen atoms in total. The van der Waals surface area contributed by atoms with Gasteiger partial charge in [0.05, 0.1) is 12.3 Å². The molecule has 0 radical (unpaired) electrons. The minimum Gasteiger partial charge on any atom is -0.346 e. The highest BCUT2D eigenvalue weighted by molar-refractivity contribution is 9.10. The largest absolute Gasteiger partial charge is 0.346 e. The molecule has 1 aromatic carbocycles. The van der Waals surface area contributed by atoms with Gasteiger partial charge in [-0.2, -0.15) is 0 Å². The van der Waals surface area contributed by atoms with E-state index in [0.29, 0.717) is 12.1 Å². The van der Waals surface area contributed by atoms with Gasteiger partial charge in [-0.1, -0.05) is 22.9 Å². The van der Waals surface area contributed by atoms with Crippen LogP contribution in [0.25, 0.3) is 0 Å². The van der Waals surface area contributed by atoms with Gasteiger partial charge in [-0.3, -0.25) is 9.59 Å². The third kappa shape index (κ3) is 5.95. The molecule has 0 saturated heterocycles. The molecule has 0 aromatic heterocycles. The molecule has 0 bridgehead atoms. The van der Waals surface area contributed by atoms with Crippen molar-refractivity contribution in [1.82, 2.24) is 5.32 Å². The normalized spacial score (nSPS) is 12.5. The molecule has 2 amide bonds. The summed E-state index contributed by atoms with van der Waals surface area (Å²) in [5.74, 6) is -1.13. The van der Waals surface area contributed by atoms with E-state index in [0.717, 1.165) is 10.0 Å². The summed E-state index contributed by atoms with van der Waals surface area (Å²) < 4.78 is 24.6. The number of sulfone groups is 1. The number of benzene rings is 1. The Labute approximate surface area is 145 Å². The molecule has 0 heterocycles. The third-order valence-electron chi connectivity index (χ3n) is 3.26. The van der Waals surface area contributed by atoms with E-state index in [1.54, 1.807) is 19.1 Å². The zero-order chi connectivity index (χ0) is 17.6. The number of nitrogens with one attached hydrogen (secondary N) is 2. The van der Waals surface area contributed by atoms with Crippen molar-refractivity contribution >= 4 is 43.3 Å². The highest BCUT2D eigenvalue weighted by Gasteiger charge is 2.27. The van der Waals surface area contributed by atoms with Crippen molar-refractivity contribution in [3.8, 4) is 0 Å². The van der Waals surface area contributed by atoms with Gasteiger partial charge in [-0.05, 0) is 44.0 Å². The predicted molar refractivity (Wildman–Crippen MR) is 94.1 cm³/mol. The highest BCUT2D eigenvalue weighted by atomic mass is 79.9. The average Bonchev–Trinajstić information content (AvgIpc) is 2.47. The zero-order valence-corrected chi connectivity index (χ0v) is 15.8. The number of aryl methyl sites for hydroxylation is 1. The van der Waals surface area contributed by atoms with Gasteiger partial charge < -0.3 is 10.6 Å². The summed E-state index contributed by atoms with van der Waals surface area (Å²) >= 11 is 3.37. The summed E-state index contributed by atoms with van der Waals surface area (Å²) in [7, 11) is -3.48. The van der Waals surface area contributed by atoms with Gasteiger partial charge in [0.15, 0.2) is 9.84 Å². The van der Waals surface area contributed by atoms with Crippen LogP contribution < -0.4 is 10.6 Å². The summed E-state index contributed by atoms with van der Waals surface area (Å²) in [5.41, 5.74) is 1.57. The van der Waals surface area contributed by atoms with Gasteiger partial charge in [-0.15, -0.1) is 0 Å². The van der Waals surface area contributed by atoms with Crippen molar-refractivity contribution in [2.24, 2.45) is 0 Å². The van der Waals surface area contributed by atoms with Crippen LogP contribution in [0.4, 0.5) is 5.69 Å². The third-order valence-corrected chi connectivity index (χ3v) is 6.42. The molecule has 1 atom stereocenters. The van der Waals surface area contributed by atoms with E-state index < -0.39 is 26.9 Å². The molecule has 23 heavy (non-hydrogen) atoms. The van der Waals surface area contributed by atoms with Crippen molar-refractivity contribution in [2.45, 2.75) is 32.4 Å². The summed E-state index contributed by atoms with van der Waals surface area (Å²) in [6.07, 6.45) is 0.448. The first kappa shape index (κ1) is 19.6. The van der Waals surface area contributed by atoms with Gasteiger partial charge in [-0.25, -0.2) is 8.42 Å². The Kier molecular flexibility index (Phi) is 7.21. The van der Waals surface area contributed by atoms with Gasteiger partial charge in [0, 0.05) is 10.2 Å². The molecule has 0 saturated carbocycles. The minimum atomic E-state index is -3.48. The fraction of sp³-hybridized carbons (Fsp3) is 0.467. The van der Waals surface area contributed by atoms with Crippen molar-refractivity contribution in [2.75, 3.05) is 17.6 Å². The summed E-state index contributed by atoms with van der Waals surface area (Å²) in [6.45, 7) is 4.67. The molecule has 0 aliphatic carbocycles. The van der Waals surface area contributed by atoms with Crippen molar-refractivity contribution in [1.29, 1.82) is 0 Å². The van der Waals surface area contributed by atoms with Crippen LogP contribution in [0.3, 0.4) is 0 Å². The zero-order valence-electron chi connectivity index (χ0n) is 13.3. The summed E-state index contributed by atoms with van der Waals surface area (Å²) in [6, 6.07) is 5.33. The van der Waals surface area contributed by atoms with E-state index in [1.807, 2.05) is 13.0 Å². The van der Waals surface area contributed by atoms with E-state index in [9.17, 15) is 18.0 Å². The Balaban J connectivity index is 2.55. The van der Waals surface area contributed by atoms with Gasteiger partial charge >= 0.3 is 0 Å². The topological polar surface area (TPSA) is 92.3 Å². The van der Waals surface area contributed by atoms with Crippen LogP contribution in [0.1, 0.15) is 25.8 Å². The number of hydrogen-bond acceptors (Lipinski definition) is 4. The predicted octanol–water partition coefficient (Wildman–Crippen LogP) is 2.03. The summed E-state index contributed by atoms with van der Waals surface area (Å²) in [4.78, 5) is 23.7. The Bertz CT molecular complexity index is 689. The molecule has 8 heteroatoms. The molecule has 0 fully saturated rings. The maximum atomic E-state index is 11.8. The molecular weight excluding hydrogens is 384 g/mol. The number of carbonyl (C=O) groups excluding carboxylic acids is 2. The van der Waals surface area contributed by atoms with Crippen LogP contribution in [0.5, 0.6) is 0 Å². The molecule has 128 valence electrons. The fourth-order valence-electron chi connectivity index (χ4n) is 1.86. The molecule has 1 rings (SSSR count). The quantitative estimate of drug-likeness (QED) is 0.726. The average molecular weight is 405 g/mol. The Morgan fingerprint density at radius 3 is 2.52 bits per heavy atom. The lowest BCUT2D eigenvalue weighted by molar-refractivity contribution is -0.123. The van der Waals surface area contributed by atoms with Crippen LogP contribution >= 0.6 is 15.9 Å². The Morgan fingerprint density at radius 1 is 1.30 bits per heavy atom. The Hall–Kier alpha value is -1.41. The standard InChI is InChI=1S/C15H21BrN2O4S/c1-4-7-23(21,22)11(3)15(20)17-9-14(19)18-12-5-6-13(16)10(2)8-12/h5-6,8,11H,4,7,9H2,1-3H3,(H,17,20)(H,18,19)/t11-/m1/s1. The smallest absolute Gasteiger partial charge is 0.243 e. The van der Waals surface area contributed by atoms with E-state index in [2.05, 4.69) is 26.6 Å². The lowest BCUT2D eigenvalue weighted by atomic mass is 10.2. The number of hydrogen-bond donors (Lipinski definition) is 2. The lowest BCUT2D eigenvalue weighted by Gasteiger charge is -2.13. The number of halogens is 1. The maximum Gasteiger partial charge on any atom is 0.243 e. The minimum absolute atomic E-state index is 0.0496. The molecule has 0 spiro atoms. The fourth-order valence-corrected chi connectivity index (χ4v) is 3.44. The summed E-state index contributed by atoms with van der Waals surface area (Å²) in [5, 5.41) is 3.84. The van der Waals surface area contributed by atoms with Gasteiger partial charge in [0.25, 0.3) is 0 Å². The first-order valence-corrected chi connectivity index (χ1v) is 9.73. The second-order valence-corrected chi connectivity index (χ2v) is 8.53. The SMILES string of the molecule is CCCS(=O)(=O)[C@H](C)C(=O)NCC(=O)Nc1ccc(Br)c(C)c1. The Morgan fingerprint density at radius 2 is 1.96 bits per heavy atom. The first-order chi connectivity index (χ1) is 10.7. The molecule has 0 aliphatic heterocycles. The molecule has 0 unspecified atom stereocenters. The number of anilines is 1. The molecule has 1 aromatic rings. The van der Waals surface area contributed by atoms with Crippen LogP contribution in [0.2, 0.25) is 0 Å². The number of rotatable bonds is 7. The maximum absolute atomic E-state index is 11.8. The van der Waals surface area contributed by atoms with E-state index in [1.165, 1.54) is 6.92 Å². The van der Waals surface area contributed by atoms with E-state index in [4.69, 9.17) is 0 Å². The van der Waals surface area contributed by atoms with E-state index >= 15 is 0 Å². The van der Waals surface area contributed by atoms with Crippen LogP contribution in [-0.2, 0) is 19.4 Å². The first-order valence-electron chi connectivity index (χ1n) is 7.22. The monoisotopic (exact) mass is 404 g/mol. The molecular formula is C15H21BrN2O4S. The van der Waals surface area contributed by atoms with Crippen LogP contribution in [0.15, 0.2) is 22.7 Å². The van der Waals surface area contributed by atoms with Gasteiger partial charge in [0.2, 0.25) is 11.8 Å². The van der Waals surface area contributed by atoms with Crippen LogP contribution in [-0.4, -0.2) is 37.8 Å².